The second kappa shape index (κ2) is 8.09. The molecule has 1 heterocycles. The number of nitrogens with zero attached hydrogens (tertiary/aromatic N) is 2. The average molecular weight is 396 g/mol. The zero-order valence-electron chi connectivity index (χ0n) is 16.0. The van der Waals surface area contributed by atoms with E-state index in [1.54, 1.807) is 0 Å². The van der Waals surface area contributed by atoms with Crippen LogP contribution in [0.4, 0.5) is 16.2 Å². The molecule has 0 saturated carbocycles. The normalized spacial score (nSPS) is 12.7. The van der Waals surface area contributed by atoms with Gasteiger partial charge in [-0.15, -0.1) is 0 Å². The Kier molecular flexibility index (Phi) is 5.58. The first-order valence-corrected chi connectivity index (χ1v) is 9.04. The topological polar surface area (TPSA) is 122 Å². The average Bonchev–Trinajstić information content (AvgIpc) is 2.88. The van der Waals surface area contributed by atoms with E-state index in [2.05, 4.69) is 10.6 Å². The number of anilines is 1. The molecule has 0 bridgehead atoms. The summed E-state index contributed by atoms with van der Waals surface area (Å²) in [5, 5.41) is 16.3. The van der Waals surface area contributed by atoms with Crippen molar-refractivity contribution >= 4 is 29.2 Å². The summed E-state index contributed by atoms with van der Waals surface area (Å²) in [5.41, 5.74) is 2.70. The van der Waals surface area contributed by atoms with Crippen LogP contribution in [0.5, 0.6) is 0 Å². The van der Waals surface area contributed by atoms with Gasteiger partial charge < -0.3 is 10.6 Å². The standard InChI is InChI=1S/C20H20N4O5/c1-12-8-13(2)10-14(9-12)22-20(27)21-6-3-7-23-18(25)16-5-4-15(24(28)29)11-17(16)19(23)26/h4-5,8-11H,3,6-7H2,1-2H3,(H2,21,22,27). The van der Waals surface area contributed by atoms with Crippen LogP contribution >= 0.6 is 0 Å². The third-order valence-corrected chi connectivity index (χ3v) is 4.49. The van der Waals surface area contributed by atoms with Crippen molar-refractivity contribution in [2.24, 2.45) is 0 Å². The summed E-state index contributed by atoms with van der Waals surface area (Å²) in [4.78, 5) is 48.1. The van der Waals surface area contributed by atoms with E-state index in [-0.39, 0.29) is 35.9 Å². The number of fused-ring (bicyclic) bond motifs is 1. The Bertz CT molecular complexity index is 998. The third-order valence-electron chi connectivity index (χ3n) is 4.49. The summed E-state index contributed by atoms with van der Waals surface area (Å²) < 4.78 is 0. The van der Waals surface area contributed by atoms with E-state index in [0.29, 0.717) is 12.1 Å². The van der Waals surface area contributed by atoms with E-state index in [0.717, 1.165) is 22.1 Å². The molecule has 2 aromatic carbocycles. The van der Waals surface area contributed by atoms with Crippen molar-refractivity contribution in [3.05, 3.63) is 68.8 Å². The molecule has 0 aliphatic carbocycles. The number of nitro benzene ring substituents is 1. The van der Waals surface area contributed by atoms with Gasteiger partial charge in [0.05, 0.1) is 16.1 Å². The molecule has 1 aliphatic heterocycles. The number of benzene rings is 2. The van der Waals surface area contributed by atoms with Gasteiger partial charge in [0.2, 0.25) is 0 Å². The van der Waals surface area contributed by atoms with Crippen LogP contribution < -0.4 is 10.6 Å². The highest BCUT2D eigenvalue weighted by Gasteiger charge is 2.36. The number of carbonyl (C=O) groups excluding carboxylic acids is 3. The predicted octanol–water partition coefficient (Wildman–Crippen LogP) is 3.02. The molecule has 9 heteroatoms. The Morgan fingerprint density at radius 2 is 1.69 bits per heavy atom. The first-order valence-electron chi connectivity index (χ1n) is 9.04. The number of rotatable bonds is 6. The van der Waals surface area contributed by atoms with Gasteiger partial charge in [-0.1, -0.05) is 6.07 Å². The Morgan fingerprint density at radius 1 is 1.03 bits per heavy atom. The molecule has 0 radical (unpaired) electrons. The lowest BCUT2D eigenvalue weighted by molar-refractivity contribution is -0.384. The van der Waals surface area contributed by atoms with Crippen molar-refractivity contribution in [3.8, 4) is 0 Å². The number of amides is 4. The van der Waals surface area contributed by atoms with Crippen molar-refractivity contribution in [1.29, 1.82) is 0 Å². The zero-order valence-corrected chi connectivity index (χ0v) is 16.0. The van der Waals surface area contributed by atoms with Gasteiger partial charge in [0.1, 0.15) is 0 Å². The van der Waals surface area contributed by atoms with Gasteiger partial charge in [0.15, 0.2) is 0 Å². The number of nitro groups is 1. The van der Waals surface area contributed by atoms with Gasteiger partial charge in [0.25, 0.3) is 17.5 Å². The zero-order chi connectivity index (χ0) is 21.1. The lowest BCUT2D eigenvalue weighted by atomic mass is 10.1. The maximum Gasteiger partial charge on any atom is 0.319 e. The number of hydrogen-bond donors (Lipinski definition) is 2. The number of aryl methyl sites for hydroxylation is 2. The lowest BCUT2D eigenvalue weighted by Gasteiger charge is -2.14. The Morgan fingerprint density at radius 3 is 2.34 bits per heavy atom. The minimum absolute atomic E-state index is 0.0321. The fourth-order valence-corrected chi connectivity index (χ4v) is 3.26. The molecule has 9 nitrogen and oxygen atoms in total. The van der Waals surface area contributed by atoms with Crippen molar-refractivity contribution < 1.29 is 19.3 Å². The number of hydrogen-bond acceptors (Lipinski definition) is 5. The van der Waals surface area contributed by atoms with Crippen LogP contribution in [0.2, 0.25) is 0 Å². The van der Waals surface area contributed by atoms with Gasteiger partial charge in [-0.05, 0) is 49.6 Å². The molecule has 0 unspecified atom stereocenters. The molecule has 4 amide bonds. The largest absolute Gasteiger partial charge is 0.338 e. The van der Waals surface area contributed by atoms with Crippen molar-refractivity contribution in [3.63, 3.8) is 0 Å². The molecule has 0 aromatic heterocycles. The SMILES string of the molecule is Cc1cc(C)cc(NC(=O)NCCCN2C(=O)c3ccc([N+](=O)[O-])cc3C2=O)c1. The van der Waals surface area contributed by atoms with Crippen LogP contribution in [0.15, 0.2) is 36.4 Å². The number of carbonyl (C=O) groups is 3. The molecule has 3 rings (SSSR count). The fraction of sp³-hybridized carbons (Fsp3) is 0.250. The Balaban J connectivity index is 1.51. The molecule has 0 saturated heterocycles. The summed E-state index contributed by atoms with van der Waals surface area (Å²) >= 11 is 0. The second-order valence-corrected chi connectivity index (χ2v) is 6.86. The van der Waals surface area contributed by atoms with E-state index < -0.39 is 16.7 Å². The highest BCUT2D eigenvalue weighted by molar-refractivity contribution is 6.21. The molecule has 29 heavy (non-hydrogen) atoms. The smallest absolute Gasteiger partial charge is 0.319 e. The minimum Gasteiger partial charge on any atom is -0.338 e. The second-order valence-electron chi connectivity index (χ2n) is 6.86. The van der Waals surface area contributed by atoms with E-state index in [9.17, 15) is 24.5 Å². The van der Waals surface area contributed by atoms with Gasteiger partial charge >= 0.3 is 6.03 Å². The molecular formula is C20H20N4O5. The van der Waals surface area contributed by atoms with E-state index >= 15 is 0 Å². The summed E-state index contributed by atoms with van der Waals surface area (Å²) in [5.74, 6) is -1.05. The molecule has 0 atom stereocenters. The Hall–Kier alpha value is -3.75. The number of urea groups is 1. The molecule has 0 fully saturated rings. The molecular weight excluding hydrogens is 376 g/mol. The minimum atomic E-state index is -0.612. The van der Waals surface area contributed by atoms with Crippen molar-refractivity contribution in [2.75, 3.05) is 18.4 Å². The van der Waals surface area contributed by atoms with Gasteiger partial charge in [-0.3, -0.25) is 24.6 Å². The van der Waals surface area contributed by atoms with Crippen LogP contribution in [-0.4, -0.2) is 40.8 Å². The van der Waals surface area contributed by atoms with E-state index in [4.69, 9.17) is 0 Å². The quantitative estimate of drug-likeness (QED) is 0.336. The van der Waals surface area contributed by atoms with E-state index in [1.165, 1.54) is 12.1 Å². The highest BCUT2D eigenvalue weighted by Crippen LogP contribution is 2.26. The van der Waals surface area contributed by atoms with Crippen LogP contribution in [0.1, 0.15) is 38.3 Å². The van der Waals surface area contributed by atoms with Gasteiger partial charge in [0, 0.05) is 30.9 Å². The predicted molar refractivity (Wildman–Crippen MR) is 106 cm³/mol. The molecule has 2 aromatic rings. The summed E-state index contributed by atoms with van der Waals surface area (Å²) in [6, 6.07) is 8.93. The van der Waals surface area contributed by atoms with Gasteiger partial charge in [-0.2, -0.15) is 0 Å². The molecule has 0 spiro atoms. The highest BCUT2D eigenvalue weighted by atomic mass is 16.6. The van der Waals surface area contributed by atoms with Gasteiger partial charge in [-0.25, -0.2) is 4.79 Å². The van der Waals surface area contributed by atoms with Crippen molar-refractivity contribution in [1.82, 2.24) is 10.2 Å². The monoisotopic (exact) mass is 396 g/mol. The Labute approximate surface area is 166 Å². The molecule has 1 aliphatic rings. The van der Waals surface area contributed by atoms with Crippen LogP contribution in [0, 0.1) is 24.0 Å². The number of nitrogens with one attached hydrogen (secondary N) is 2. The first kappa shape index (κ1) is 20.0. The first-order chi connectivity index (χ1) is 13.8. The maximum atomic E-state index is 12.4. The molecule has 2 N–H and O–H groups in total. The summed E-state index contributed by atoms with van der Waals surface area (Å²) in [7, 11) is 0. The summed E-state index contributed by atoms with van der Waals surface area (Å²) in [6.07, 6.45) is 0.355. The summed E-state index contributed by atoms with van der Waals surface area (Å²) in [6.45, 7) is 4.23. The van der Waals surface area contributed by atoms with Crippen LogP contribution in [0.3, 0.4) is 0 Å². The van der Waals surface area contributed by atoms with Crippen LogP contribution in [-0.2, 0) is 0 Å². The van der Waals surface area contributed by atoms with Crippen LogP contribution in [0.25, 0.3) is 0 Å². The van der Waals surface area contributed by atoms with E-state index in [1.807, 2.05) is 32.0 Å². The maximum absolute atomic E-state index is 12.4. The molecule has 150 valence electrons. The fourth-order valence-electron chi connectivity index (χ4n) is 3.26. The number of imide groups is 1. The third kappa shape index (κ3) is 4.40. The number of non-ortho nitro benzene ring substituents is 1. The lowest BCUT2D eigenvalue weighted by Crippen LogP contribution is -2.35. The van der Waals surface area contributed by atoms with Crippen molar-refractivity contribution in [2.45, 2.75) is 20.3 Å².